The number of aliphatic hydroxyl groups is 1. The molecule has 2 N–H and O–H groups in total. The third-order valence-electron chi connectivity index (χ3n) is 5.07. The molecule has 2 rings (SSSR count). The molecule has 1 aliphatic rings. The normalized spacial score (nSPS) is 14.7. The molecular formula is C22H35N3O7. The molecule has 1 aromatic carbocycles. The molecule has 0 bridgehead atoms. The van der Waals surface area contributed by atoms with E-state index in [1.807, 2.05) is 20.8 Å². The summed E-state index contributed by atoms with van der Waals surface area (Å²) in [5.74, 6) is 0.603. The lowest BCUT2D eigenvalue weighted by Crippen LogP contribution is -2.46. The van der Waals surface area contributed by atoms with E-state index in [9.17, 15) is 14.9 Å². The third-order valence-corrected chi connectivity index (χ3v) is 5.07. The smallest absolute Gasteiger partial charge is 0.407 e. The lowest BCUT2D eigenvalue weighted by molar-refractivity contribution is -0.385. The summed E-state index contributed by atoms with van der Waals surface area (Å²) in [6.45, 7) is 7.27. The Balaban J connectivity index is 2.10. The minimum atomic E-state index is -0.552. The summed E-state index contributed by atoms with van der Waals surface area (Å²) < 4.78 is 16.5. The Morgan fingerprint density at radius 2 is 1.91 bits per heavy atom. The van der Waals surface area contributed by atoms with Crippen LogP contribution in [0.15, 0.2) is 12.1 Å². The van der Waals surface area contributed by atoms with Gasteiger partial charge >= 0.3 is 11.8 Å². The second kappa shape index (κ2) is 11.8. The van der Waals surface area contributed by atoms with E-state index < -0.39 is 16.6 Å². The number of anilines is 1. The zero-order chi connectivity index (χ0) is 23.7. The number of methoxy groups -OCH3 is 1. The largest absolute Gasteiger partial charge is 0.491 e. The van der Waals surface area contributed by atoms with E-state index in [1.54, 1.807) is 6.07 Å². The van der Waals surface area contributed by atoms with Gasteiger partial charge in [0, 0.05) is 31.8 Å². The van der Waals surface area contributed by atoms with Crippen molar-refractivity contribution in [1.82, 2.24) is 5.32 Å². The van der Waals surface area contributed by atoms with E-state index in [1.165, 1.54) is 13.2 Å². The molecule has 0 unspecified atom stereocenters. The van der Waals surface area contributed by atoms with Crippen molar-refractivity contribution in [1.29, 1.82) is 0 Å². The Labute approximate surface area is 189 Å². The van der Waals surface area contributed by atoms with Gasteiger partial charge in [-0.1, -0.05) is 0 Å². The highest BCUT2D eigenvalue weighted by Gasteiger charge is 2.28. The molecule has 1 saturated heterocycles. The van der Waals surface area contributed by atoms with Gasteiger partial charge in [-0.25, -0.2) is 4.79 Å². The van der Waals surface area contributed by atoms with Crippen LogP contribution in [0.25, 0.3) is 0 Å². The second-order valence-electron chi connectivity index (χ2n) is 8.79. The molecule has 0 aromatic heterocycles. The van der Waals surface area contributed by atoms with Crippen molar-refractivity contribution < 1.29 is 29.0 Å². The van der Waals surface area contributed by atoms with E-state index >= 15 is 0 Å². The fourth-order valence-corrected chi connectivity index (χ4v) is 3.52. The maximum atomic E-state index is 12.0. The number of hydrogen-bond acceptors (Lipinski definition) is 8. The number of nitrogens with zero attached hydrogens (tertiary/aromatic N) is 2. The van der Waals surface area contributed by atoms with Gasteiger partial charge in [-0.3, -0.25) is 10.1 Å². The number of nitro benzene ring substituents is 1. The van der Waals surface area contributed by atoms with Crippen molar-refractivity contribution in [3.05, 3.63) is 22.2 Å². The van der Waals surface area contributed by atoms with Crippen LogP contribution in [0, 0.1) is 10.1 Å². The molecule has 0 atom stereocenters. The Bertz CT molecular complexity index is 772. The molecule has 180 valence electrons. The van der Waals surface area contributed by atoms with Gasteiger partial charge in [0.1, 0.15) is 11.4 Å². The lowest BCUT2D eigenvalue weighted by Gasteiger charge is -2.35. The fourth-order valence-electron chi connectivity index (χ4n) is 3.52. The van der Waals surface area contributed by atoms with Crippen LogP contribution in [-0.2, 0) is 4.74 Å². The second-order valence-corrected chi connectivity index (χ2v) is 8.79. The molecule has 1 heterocycles. The predicted octanol–water partition coefficient (Wildman–Crippen LogP) is 3.64. The highest BCUT2D eigenvalue weighted by molar-refractivity contribution is 5.69. The summed E-state index contributed by atoms with van der Waals surface area (Å²) in [5, 5.41) is 23.3. The molecular weight excluding hydrogens is 418 g/mol. The Hall–Kier alpha value is -2.75. The van der Waals surface area contributed by atoms with E-state index in [2.05, 4.69) is 10.2 Å². The molecule has 1 aliphatic heterocycles. The number of benzene rings is 1. The maximum Gasteiger partial charge on any atom is 0.407 e. The standard InChI is InChI=1S/C22H35N3O7/c1-22(2,3)32-21(27)23-16-8-10-24(11-9-16)17-14-19(30-4)18(25(28)29)15-20(17)31-13-7-5-6-12-26/h14-16,26H,5-13H2,1-4H3,(H,23,27). The number of nitrogens with one attached hydrogen (secondary N) is 1. The highest BCUT2D eigenvalue weighted by Crippen LogP contribution is 2.40. The van der Waals surface area contributed by atoms with Crippen molar-refractivity contribution >= 4 is 17.5 Å². The molecule has 0 spiro atoms. The van der Waals surface area contributed by atoms with Crippen molar-refractivity contribution in [3.8, 4) is 11.5 Å². The van der Waals surface area contributed by atoms with Gasteiger partial charge in [-0.15, -0.1) is 0 Å². The molecule has 10 heteroatoms. The summed E-state index contributed by atoms with van der Waals surface area (Å²) in [7, 11) is 1.40. The minimum absolute atomic E-state index is 0.0103. The summed E-state index contributed by atoms with van der Waals surface area (Å²) in [4.78, 5) is 25.1. The first-order chi connectivity index (χ1) is 15.1. The SMILES string of the molecule is COc1cc(N2CCC(NC(=O)OC(C)(C)C)CC2)c(OCCCCCO)cc1[N+](=O)[O-]. The molecule has 1 fully saturated rings. The van der Waals surface area contributed by atoms with Crippen molar-refractivity contribution in [2.24, 2.45) is 0 Å². The van der Waals surface area contributed by atoms with E-state index in [4.69, 9.17) is 19.3 Å². The number of rotatable bonds is 10. The number of alkyl carbamates (subject to hydrolysis) is 1. The van der Waals surface area contributed by atoms with Crippen LogP contribution in [0.1, 0.15) is 52.9 Å². The van der Waals surface area contributed by atoms with Crippen LogP contribution in [-0.4, -0.2) is 61.2 Å². The van der Waals surface area contributed by atoms with Crippen LogP contribution in [0.2, 0.25) is 0 Å². The summed E-state index contributed by atoms with van der Waals surface area (Å²) in [6, 6.07) is 3.04. The first-order valence-electron chi connectivity index (χ1n) is 11.0. The Morgan fingerprint density at radius 3 is 2.47 bits per heavy atom. The van der Waals surface area contributed by atoms with Crippen LogP contribution >= 0.6 is 0 Å². The number of hydrogen-bond donors (Lipinski definition) is 2. The fraction of sp³-hybridized carbons (Fsp3) is 0.682. The molecule has 0 radical (unpaired) electrons. The summed E-state index contributed by atoms with van der Waals surface area (Å²) >= 11 is 0. The monoisotopic (exact) mass is 453 g/mol. The van der Waals surface area contributed by atoms with E-state index in [0.717, 1.165) is 18.5 Å². The van der Waals surface area contributed by atoms with Crippen LogP contribution in [0.5, 0.6) is 11.5 Å². The van der Waals surface area contributed by atoms with Crippen LogP contribution in [0.4, 0.5) is 16.2 Å². The number of ether oxygens (including phenoxy) is 3. The molecule has 1 aromatic rings. The molecule has 1 amide bonds. The summed E-state index contributed by atoms with van der Waals surface area (Å²) in [6.07, 6.45) is 3.22. The molecule has 32 heavy (non-hydrogen) atoms. The minimum Gasteiger partial charge on any atom is -0.491 e. The van der Waals surface area contributed by atoms with Gasteiger partial charge in [0.2, 0.25) is 0 Å². The topological polar surface area (TPSA) is 123 Å². The molecule has 10 nitrogen and oxygen atoms in total. The number of aliphatic hydroxyl groups excluding tert-OH is 1. The first kappa shape index (κ1) is 25.5. The van der Waals surface area contributed by atoms with Gasteiger partial charge in [0.05, 0.1) is 30.4 Å². The van der Waals surface area contributed by atoms with Gasteiger partial charge in [0.25, 0.3) is 0 Å². The number of carbonyl (C=O) groups is 1. The van der Waals surface area contributed by atoms with Gasteiger partial charge in [-0.05, 0) is 52.9 Å². The average Bonchev–Trinajstić information content (AvgIpc) is 2.72. The van der Waals surface area contributed by atoms with Crippen LogP contribution < -0.4 is 19.7 Å². The third kappa shape index (κ3) is 7.74. The maximum absolute atomic E-state index is 12.0. The average molecular weight is 454 g/mol. The zero-order valence-corrected chi connectivity index (χ0v) is 19.4. The van der Waals surface area contributed by atoms with Crippen LogP contribution in [0.3, 0.4) is 0 Å². The van der Waals surface area contributed by atoms with Crippen molar-refractivity contribution in [3.63, 3.8) is 0 Å². The van der Waals surface area contributed by atoms with Gasteiger partial charge < -0.3 is 29.5 Å². The van der Waals surface area contributed by atoms with Crippen molar-refractivity contribution in [2.75, 3.05) is 38.3 Å². The van der Waals surface area contributed by atoms with Crippen molar-refractivity contribution in [2.45, 2.75) is 64.5 Å². The number of amides is 1. The summed E-state index contributed by atoms with van der Waals surface area (Å²) in [5.41, 5.74) is 0.0252. The molecule has 0 aliphatic carbocycles. The van der Waals surface area contributed by atoms with E-state index in [-0.39, 0.29) is 24.1 Å². The first-order valence-corrected chi connectivity index (χ1v) is 11.0. The molecule has 0 saturated carbocycles. The predicted molar refractivity (Wildman–Crippen MR) is 121 cm³/mol. The lowest BCUT2D eigenvalue weighted by atomic mass is 10.0. The number of carbonyl (C=O) groups excluding carboxylic acids is 1. The van der Waals surface area contributed by atoms with Gasteiger partial charge in [0.15, 0.2) is 5.75 Å². The Kier molecular flexibility index (Phi) is 9.37. The number of unbranched alkanes of at least 4 members (excludes halogenated alkanes) is 2. The quantitative estimate of drug-likeness (QED) is 0.313. The van der Waals surface area contributed by atoms with E-state index in [0.29, 0.717) is 44.7 Å². The number of nitro groups is 1. The highest BCUT2D eigenvalue weighted by atomic mass is 16.6. The zero-order valence-electron chi connectivity index (χ0n) is 19.4. The number of piperidine rings is 1. The Morgan fingerprint density at radius 1 is 1.22 bits per heavy atom. The van der Waals surface area contributed by atoms with Gasteiger partial charge in [-0.2, -0.15) is 0 Å².